The second-order valence-electron chi connectivity index (χ2n) is 5.22. The fraction of sp³-hybridized carbons (Fsp3) is 0.438. The van der Waals surface area contributed by atoms with Crippen molar-refractivity contribution in [3.05, 3.63) is 29.3 Å². The number of nitrogens with zero attached hydrogens (tertiary/aromatic N) is 1. The molecule has 0 aliphatic rings. The first-order valence-electron chi connectivity index (χ1n) is 6.83. The monoisotopic (exact) mass is 258 g/mol. The molecule has 0 saturated carbocycles. The van der Waals surface area contributed by atoms with Crippen molar-refractivity contribution in [1.82, 2.24) is 4.98 Å². The number of pyridine rings is 1. The highest BCUT2D eigenvalue weighted by molar-refractivity contribution is 5.86. The number of aryl methyl sites for hydroxylation is 1. The van der Waals surface area contributed by atoms with Gasteiger partial charge in [0.25, 0.3) is 0 Å². The fourth-order valence-corrected chi connectivity index (χ4v) is 2.47. The number of nitrogens with two attached hydrogens (primary N) is 1. The predicted octanol–water partition coefficient (Wildman–Crippen LogP) is 3.90. The van der Waals surface area contributed by atoms with Gasteiger partial charge in [-0.1, -0.05) is 27.2 Å². The Kier molecular flexibility index (Phi) is 3.93. The molecular formula is C16H22N2O. The first-order chi connectivity index (χ1) is 9.06. The molecule has 0 amide bonds. The highest BCUT2D eigenvalue weighted by Gasteiger charge is 2.12. The molecule has 3 heteroatoms. The summed E-state index contributed by atoms with van der Waals surface area (Å²) in [6.07, 6.45) is 2.12. The number of aromatic nitrogens is 1. The topological polar surface area (TPSA) is 48.1 Å². The average Bonchev–Trinajstić information content (AvgIpc) is 2.37. The highest BCUT2D eigenvalue weighted by atomic mass is 16.5. The number of rotatable bonds is 4. The van der Waals surface area contributed by atoms with Crippen molar-refractivity contribution in [3.8, 4) is 5.75 Å². The van der Waals surface area contributed by atoms with Crippen LogP contribution < -0.4 is 10.5 Å². The molecule has 1 heterocycles. The van der Waals surface area contributed by atoms with Crippen LogP contribution in [0.5, 0.6) is 5.75 Å². The summed E-state index contributed by atoms with van der Waals surface area (Å²) < 4.78 is 5.47. The summed E-state index contributed by atoms with van der Waals surface area (Å²) in [5.74, 6) is 1.89. The molecule has 0 aliphatic heterocycles. The molecule has 1 aromatic heterocycles. The zero-order chi connectivity index (χ0) is 14.0. The van der Waals surface area contributed by atoms with Crippen LogP contribution in [0.1, 0.15) is 44.2 Å². The van der Waals surface area contributed by atoms with Crippen molar-refractivity contribution in [3.63, 3.8) is 0 Å². The van der Waals surface area contributed by atoms with Gasteiger partial charge < -0.3 is 10.5 Å². The van der Waals surface area contributed by atoms with E-state index in [-0.39, 0.29) is 0 Å². The molecule has 3 nitrogen and oxygen atoms in total. The summed E-state index contributed by atoms with van der Waals surface area (Å²) >= 11 is 0. The molecule has 102 valence electrons. The van der Waals surface area contributed by atoms with E-state index >= 15 is 0 Å². The molecule has 2 aromatic rings. The SMILES string of the molecule is CCCc1cc(N)nc2cc(OC)c(C(C)C)cc12. The minimum Gasteiger partial charge on any atom is -0.496 e. The molecule has 2 rings (SSSR count). The van der Waals surface area contributed by atoms with Crippen LogP contribution in [0.3, 0.4) is 0 Å². The van der Waals surface area contributed by atoms with Crippen molar-refractivity contribution in [1.29, 1.82) is 0 Å². The van der Waals surface area contributed by atoms with Crippen molar-refractivity contribution >= 4 is 16.7 Å². The summed E-state index contributed by atoms with van der Waals surface area (Å²) in [5, 5.41) is 1.19. The van der Waals surface area contributed by atoms with Gasteiger partial charge >= 0.3 is 0 Å². The Balaban J connectivity index is 2.73. The summed E-state index contributed by atoms with van der Waals surface area (Å²) in [7, 11) is 1.70. The van der Waals surface area contributed by atoms with Crippen LogP contribution in [0.15, 0.2) is 18.2 Å². The summed E-state index contributed by atoms with van der Waals surface area (Å²) in [6, 6.07) is 6.19. The Morgan fingerprint density at radius 1 is 1.26 bits per heavy atom. The molecule has 0 aliphatic carbocycles. The molecule has 0 radical (unpaired) electrons. The van der Waals surface area contributed by atoms with E-state index in [1.165, 1.54) is 16.5 Å². The van der Waals surface area contributed by atoms with Crippen LogP contribution in [-0.2, 0) is 6.42 Å². The molecule has 19 heavy (non-hydrogen) atoms. The number of hydrogen-bond acceptors (Lipinski definition) is 3. The summed E-state index contributed by atoms with van der Waals surface area (Å²) in [5.41, 5.74) is 9.31. The van der Waals surface area contributed by atoms with E-state index in [9.17, 15) is 0 Å². The third-order valence-corrected chi connectivity index (χ3v) is 3.41. The van der Waals surface area contributed by atoms with Crippen LogP contribution in [0.25, 0.3) is 10.9 Å². The van der Waals surface area contributed by atoms with Crippen LogP contribution >= 0.6 is 0 Å². The van der Waals surface area contributed by atoms with Crippen LogP contribution in [0, 0.1) is 0 Å². The molecule has 0 atom stereocenters. The fourth-order valence-electron chi connectivity index (χ4n) is 2.47. The lowest BCUT2D eigenvalue weighted by Gasteiger charge is -2.15. The Hall–Kier alpha value is -1.77. The standard InChI is InChI=1S/C16H22N2O/c1-5-6-11-7-16(17)18-14-9-15(19-4)12(10(2)3)8-13(11)14/h7-10H,5-6H2,1-4H3,(H2,17,18). The number of ether oxygens (including phenoxy) is 1. The first kappa shape index (κ1) is 13.7. The zero-order valence-electron chi connectivity index (χ0n) is 12.2. The second-order valence-corrected chi connectivity index (χ2v) is 5.22. The van der Waals surface area contributed by atoms with Gasteiger partial charge in [-0.15, -0.1) is 0 Å². The third-order valence-electron chi connectivity index (χ3n) is 3.41. The van der Waals surface area contributed by atoms with E-state index < -0.39 is 0 Å². The number of anilines is 1. The first-order valence-corrected chi connectivity index (χ1v) is 6.83. The molecule has 0 fully saturated rings. The van der Waals surface area contributed by atoms with Gasteiger partial charge in [-0.25, -0.2) is 4.98 Å². The van der Waals surface area contributed by atoms with E-state index in [0.29, 0.717) is 11.7 Å². The van der Waals surface area contributed by atoms with Crippen LogP contribution in [0.4, 0.5) is 5.82 Å². The Morgan fingerprint density at radius 3 is 2.58 bits per heavy atom. The Morgan fingerprint density at radius 2 is 2.00 bits per heavy atom. The average molecular weight is 258 g/mol. The lowest BCUT2D eigenvalue weighted by Crippen LogP contribution is -1.99. The Bertz CT molecular complexity index is 591. The number of benzene rings is 1. The van der Waals surface area contributed by atoms with E-state index in [1.807, 2.05) is 12.1 Å². The summed E-state index contributed by atoms with van der Waals surface area (Å²) in [6.45, 7) is 6.52. The van der Waals surface area contributed by atoms with Gasteiger partial charge in [0, 0.05) is 11.5 Å². The van der Waals surface area contributed by atoms with Crippen LogP contribution in [-0.4, -0.2) is 12.1 Å². The highest BCUT2D eigenvalue weighted by Crippen LogP contribution is 2.32. The van der Waals surface area contributed by atoms with E-state index in [2.05, 4.69) is 31.8 Å². The van der Waals surface area contributed by atoms with E-state index in [0.717, 1.165) is 24.1 Å². The molecular weight excluding hydrogens is 236 g/mol. The number of methoxy groups -OCH3 is 1. The van der Waals surface area contributed by atoms with Gasteiger partial charge in [0.15, 0.2) is 0 Å². The minimum absolute atomic E-state index is 0.423. The van der Waals surface area contributed by atoms with Gasteiger partial charge in [-0.3, -0.25) is 0 Å². The molecule has 0 bridgehead atoms. The zero-order valence-corrected chi connectivity index (χ0v) is 12.2. The van der Waals surface area contributed by atoms with Gasteiger partial charge in [0.2, 0.25) is 0 Å². The van der Waals surface area contributed by atoms with Gasteiger partial charge in [0.05, 0.1) is 12.6 Å². The van der Waals surface area contributed by atoms with Crippen molar-refractivity contribution in [2.75, 3.05) is 12.8 Å². The normalized spacial score (nSPS) is 11.2. The largest absolute Gasteiger partial charge is 0.496 e. The number of fused-ring (bicyclic) bond motifs is 1. The molecule has 0 spiro atoms. The predicted molar refractivity (Wildman–Crippen MR) is 80.8 cm³/mol. The smallest absolute Gasteiger partial charge is 0.124 e. The lowest BCUT2D eigenvalue weighted by atomic mass is 9.96. The lowest BCUT2D eigenvalue weighted by molar-refractivity contribution is 0.408. The maximum Gasteiger partial charge on any atom is 0.124 e. The Labute approximate surface area is 114 Å². The quantitative estimate of drug-likeness (QED) is 0.904. The second kappa shape index (κ2) is 5.47. The van der Waals surface area contributed by atoms with E-state index in [4.69, 9.17) is 10.5 Å². The summed E-state index contributed by atoms with van der Waals surface area (Å²) in [4.78, 5) is 4.43. The maximum absolute atomic E-state index is 5.89. The van der Waals surface area contributed by atoms with Crippen LogP contribution in [0.2, 0.25) is 0 Å². The maximum atomic E-state index is 5.89. The van der Waals surface area contributed by atoms with Crippen molar-refractivity contribution in [2.24, 2.45) is 0 Å². The number of hydrogen-bond donors (Lipinski definition) is 1. The molecule has 0 saturated heterocycles. The van der Waals surface area contributed by atoms with Gasteiger partial charge in [-0.05, 0) is 35.6 Å². The molecule has 1 aromatic carbocycles. The third kappa shape index (κ3) is 2.65. The van der Waals surface area contributed by atoms with Gasteiger partial charge in [0.1, 0.15) is 11.6 Å². The molecule has 2 N–H and O–H groups in total. The van der Waals surface area contributed by atoms with Crippen molar-refractivity contribution < 1.29 is 4.74 Å². The van der Waals surface area contributed by atoms with Crippen molar-refractivity contribution in [2.45, 2.75) is 39.5 Å². The number of nitrogen functional groups attached to an aromatic ring is 1. The molecule has 0 unspecified atom stereocenters. The van der Waals surface area contributed by atoms with Gasteiger partial charge in [-0.2, -0.15) is 0 Å². The van der Waals surface area contributed by atoms with E-state index in [1.54, 1.807) is 7.11 Å². The minimum atomic E-state index is 0.423.